The van der Waals surface area contributed by atoms with E-state index < -0.39 is 17.9 Å². The summed E-state index contributed by atoms with van der Waals surface area (Å²) in [5, 5.41) is 9.34. The van der Waals surface area contributed by atoms with E-state index in [1.807, 2.05) is 0 Å². The molecule has 0 heterocycles. The highest BCUT2D eigenvalue weighted by atomic mass is 19.4. The van der Waals surface area contributed by atoms with Gasteiger partial charge in [-0.05, 0) is 13.0 Å². The predicted molar refractivity (Wildman–Crippen MR) is 49.2 cm³/mol. The normalized spacial score (nSPS) is 11.2. The maximum atomic E-state index is 11.8. The molecule has 1 N–H and O–H groups in total. The third-order valence-corrected chi connectivity index (χ3v) is 1.73. The summed E-state index contributed by atoms with van der Waals surface area (Å²) in [5.41, 5.74) is 0.266. The Balaban J connectivity index is 2.87. The van der Waals surface area contributed by atoms with Gasteiger partial charge in [-0.2, -0.15) is 0 Å². The Labute approximate surface area is 89.5 Å². The lowest BCUT2D eigenvalue weighted by Gasteiger charge is -2.10. The van der Waals surface area contributed by atoms with Gasteiger partial charge in [-0.25, -0.2) is 0 Å². The summed E-state index contributed by atoms with van der Waals surface area (Å²) in [5.74, 6) is -1.10. The minimum Gasteiger partial charge on any atom is -0.508 e. The molecule has 0 amide bonds. The summed E-state index contributed by atoms with van der Waals surface area (Å²) >= 11 is 0. The largest absolute Gasteiger partial charge is 0.573 e. The number of benzene rings is 1. The van der Waals surface area contributed by atoms with Gasteiger partial charge in [0.25, 0.3) is 0 Å². The van der Waals surface area contributed by atoms with Gasteiger partial charge in [0.2, 0.25) is 0 Å². The number of phenolic OH excluding ortho intramolecular Hbond substituents is 1. The molecule has 0 aliphatic rings. The van der Waals surface area contributed by atoms with Crippen molar-refractivity contribution in [2.45, 2.75) is 19.7 Å². The first-order valence-corrected chi connectivity index (χ1v) is 4.35. The van der Waals surface area contributed by atoms with Gasteiger partial charge in [0.05, 0.1) is 0 Å². The molecule has 0 unspecified atom stereocenters. The summed E-state index contributed by atoms with van der Waals surface area (Å²) in [6.45, 7) is 1.32. The van der Waals surface area contributed by atoms with Crippen LogP contribution in [-0.4, -0.2) is 17.3 Å². The van der Waals surface area contributed by atoms with Crippen molar-refractivity contribution >= 4 is 5.78 Å². The van der Waals surface area contributed by atoms with Gasteiger partial charge in [0.1, 0.15) is 17.3 Å². The van der Waals surface area contributed by atoms with Crippen molar-refractivity contribution in [3.05, 3.63) is 23.8 Å². The van der Waals surface area contributed by atoms with Crippen LogP contribution in [0.1, 0.15) is 12.5 Å². The lowest BCUT2D eigenvalue weighted by Crippen LogP contribution is -2.17. The molecule has 0 fully saturated rings. The van der Waals surface area contributed by atoms with Gasteiger partial charge >= 0.3 is 6.36 Å². The number of ketones is 1. The zero-order chi connectivity index (χ0) is 12.3. The van der Waals surface area contributed by atoms with E-state index in [4.69, 9.17) is 0 Å². The predicted octanol–water partition coefficient (Wildman–Crippen LogP) is 2.42. The molecule has 1 aromatic rings. The Morgan fingerprint density at radius 2 is 2.06 bits per heavy atom. The van der Waals surface area contributed by atoms with Crippen LogP contribution in [0.5, 0.6) is 11.5 Å². The van der Waals surface area contributed by atoms with E-state index in [9.17, 15) is 23.1 Å². The van der Waals surface area contributed by atoms with Crippen LogP contribution < -0.4 is 4.74 Å². The Hall–Kier alpha value is -1.72. The van der Waals surface area contributed by atoms with E-state index in [0.717, 1.165) is 12.1 Å². The van der Waals surface area contributed by atoms with E-state index in [1.165, 1.54) is 13.0 Å². The Bertz CT molecular complexity index is 399. The SMILES string of the molecule is CC(=O)Cc1ccc(OC(F)(F)F)cc1O. The molecular weight excluding hydrogens is 225 g/mol. The van der Waals surface area contributed by atoms with Crippen molar-refractivity contribution in [1.29, 1.82) is 0 Å². The molecule has 6 heteroatoms. The molecule has 1 aromatic carbocycles. The number of hydrogen-bond acceptors (Lipinski definition) is 3. The van der Waals surface area contributed by atoms with Crippen molar-refractivity contribution < 1.29 is 27.8 Å². The van der Waals surface area contributed by atoms with Crippen LogP contribution in [0.2, 0.25) is 0 Å². The highest BCUT2D eigenvalue weighted by molar-refractivity contribution is 5.79. The Morgan fingerprint density at radius 1 is 1.44 bits per heavy atom. The second-order valence-electron chi connectivity index (χ2n) is 3.22. The molecule has 0 spiro atoms. The fourth-order valence-corrected chi connectivity index (χ4v) is 1.16. The highest BCUT2D eigenvalue weighted by Gasteiger charge is 2.31. The number of phenols is 1. The number of halogens is 3. The molecule has 0 aliphatic heterocycles. The van der Waals surface area contributed by atoms with Crippen LogP contribution in [0.3, 0.4) is 0 Å². The quantitative estimate of drug-likeness (QED) is 0.873. The van der Waals surface area contributed by atoms with Crippen LogP contribution in [0.25, 0.3) is 0 Å². The molecule has 0 saturated heterocycles. The average molecular weight is 234 g/mol. The lowest BCUT2D eigenvalue weighted by atomic mass is 10.1. The van der Waals surface area contributed by atoms with Gasteiger partial charge in [-0.3, -0.25) is 4.79 Å². The second kappa shape index (κ2) is 4.42. The van der Waals surface area contributed by atoms with Crippen LogP contribution in [0, 0.1) is 0 Å². The summed E-state index contributed by atoms with van der Waals surface area (Å²) in [6.07, 6.45) is -4.83. The third kappa shape index (κ3) is 3.80. The molecule has 3 nitrogen and oxygen atoms in total. The van der Waals surface area contributed by atoms with Crippen molar-refractivity contribution in [3.8, 4) is 11.5 Å². The molecule has 0 saturated carbocycles. The maximum Gasteiger partial charge on any atom is 0.573 e. The summed E-state index contributed by atoms with van der Waals surface area (Å²) < 4.78 is 39.1. The monoisotopic (exact) mass is 234 g/mol. The molecule has 0 aromatic heterocycles. The first-order valence-electron chi connectivity index (χ1n) is 4.35. The third-order valence-electron chi connectivity index (χ3n) is 1.73. The van der Waals surface area contributed by atoms with E-state index in [-0.39, 0.29) is 17.8 Å². The van der Waals surface area contributed by atoms with Crippen LogP contribution >= 0.6 is 0 Å². The van der Waals surface area contributed by atoms with Crippen LogP contribution in [0.15, 0.2) is 18.2 Å². The fraction of sp³-hybridized carbons (Fsp3) is 0.300. The highest BCUT2D eigenvalue weighted by Crippen LogP contribution is 2.28. The smallest absolute Gasteiger partial charge is 0.508 e. The standard InChI is InChI=1S/C10H9F3O3/c1-6(14)4-7-2-3-8(5-9(7)15)16-10(11,12)13/h2-3,5,15H,4H2,1H3. The number of ether oxygens (including phenoxy) is 1. The summed E-state index contributed by atoms with van der Waals surface area (Å²) in [6, 6.07) is 3.09. The number of aromatic hydroxyl groups is 1. The maximum absolute atomic E-state index is 11.8. The van der Waals surface area contributed by atoms with Crippen molar-refractivity contribution in [2.24, 2.45) is 0 Å². The minimum atomic E-state index is -4.80. The molecule has 0 atom stereocenters. The number of carbonyl (C=O) groups excluding carboxylic acids is 1. The topological polar surface area (TPSA) is 46.5 Å². The lowest BCUT2D eigenvalue weighted by molar-refractivity contribution is -0.274. The number of hydrogen-bond donors (Lipinski definition) is 1. The van der Waals surface area contributed by atoms with E-state index >= 15 is 0 Å². The van der Waals surface area contributed by atoms with Gasteiger partial charge in [0, 0.05) is 18.1 Å². The van der Waals surface area contributed by atoms with Gasteiger partial charge in [0.15, 0.2) is 0 Å². The van der Waals surface area contributed by atoms with E-state index in [2.05, 4.69) is 4.74 Å². The molecule has 0 aliphatic carbocycles. The average Bonchev–Trinajstić information content (AvgIpc) is 2.06. The number of carbonyl (C=O) groups is 1. The Kier molecular flexibility index (Phi) is 3.41. The second-order valence-corrected chi connectivity index (χ2v) is 3.22. The van der Waals surface area contributed by atoms with Gasteiger partial charge < -0.3 is 9.84 Å². The first kappa shape index (κ1) is 12.4. The zero-order valence-electron chi connectivity index (χ0n) is 8.34. The number of alkyl halides is 3. The molecule has 0 radical (unpaired) electrons. The molecule has 0 bridgehead atoms. The number of rotatable bonds is 3. The van der Waals surface area contributed by atoms with Gasteiger partial charge in [-0.1, -0.05) is 6.07 Å². The van der Waals surface area contributed by atoms with Gasteiger partial charge in [-0.15, -0.1) is 13.2 Å². The van der Waals surface area contributed by atoms with Crippen molar-refractivity contribution in [2.75, 3.05) is 0 Å². The summed E-state index contributed by atoms with van der Waals surface area (Å²) in [4.78, 5) is 10.8. The van der Waals surface area contributed by atoms with E-state index in [1.54, 1.807) is 0 Å². The summed E-state index contributed by atoms with van der Waals surface area (Å²) in [7, 11) is 0. The fourth-order valence-electron chi connectivity index (χ4n) is 1.16. The van der Waals surface area contributed by atoms with Crippen LogP contribution in [0.4, 0.5) is 13.2 Å². The van der Waals surface area contributed by atoms with Crippen molar-refractivity contribution in [1.82, 2.24) is 0 Å². The molecular formula is C10H9F3O3. The first-order chi connectivity index (χ1) is 7.28. The van der Waals surface area contributed by atoms with Crippen molar-refractivity contribution in [3.63, 3.8) is 0 Å². The minimum absolute atomic E-state index is 0.0296. The zero-order valence-corrected chi connectivity index (χ0v) is 8.34. The Morgan fingerprint density at radius 3 is 2.50 bits per heavy atom. The number of Topliss-reactive ketones (excluding diaryl/α,β-unsaturated/α-hetero) is 1. The van der Waals surface area contributed by atoms with Crippen LogP contribution in [-0.2, 0) is 11.2 Å². The van der Waals surface area contributed by atoms with E-state index in [0.29, 0.717) is 0 Å². The molecule has 1 rings (SSSR count). The molecule has 88 valence electrons. The molecule has 16 heavy (non-hydrogen) atoms.